The average Bonchev–Trinajstić information content (AvgIpc) is 3.02. The number of hydrogen-bond acceptors (Lipinski definition) is 6. The molecule has 1 amide bonds. The van der Waals surface area contributed by atoms with E-state index >= 15 is 0 Å². The lowest BCUT2D eigenvalue weighted by molar-refractivity contribution is -0.123. The van der Waals surface area contributed by atoms with E-state index in [0.717, 1.165) is 31.5 Å². The molecule has 32 heavy (non-hydrogen) atoms. The first-order valence-corrected chi connectivity index (χ1v) is 12.5. The lowest BCUT2D eigenvalue weighted by Gasteiger charge is -2.36. The van der Waals surface area contributed by atoms with E-state index in [9.17, 15) is 9.59 Å². The van der Waals surface area contributed by atoms with Crippen LogP contribution in [0.15, 0.2) is 28.0 Å². The highest BCUT2D eigenvalue weighted by molar-refractivity contribution is 8.26. The van der Waals surface area contributed by atoms with E-state index in [2.05, 4.69) is 18.7 Å². The topological polar surface area (TPSA) is 57.9 Å². The van der Waals surface area contributed by atoms with Crippen LogP contribution < -0.4 is 10.5 Å². The van der Waals surface area contributed by atoms with Crippen molar-refractivity contribution in [3.8, 4) is 0 Å². The molecule has 2 aromatic heterocycles. The zero-order valence-electron chi connectivity index (χ0n) is 19.3. The van der Waals surface area contributed by atoms with Gasteiger partial charge in [0.05, 0.1) is 10.5 Å². The van der Waals surface area contributed by atoms with Crippen molar-refractivity contribution in [1.82, 2.24) is 14.3 Å². The smallest absolute Gasteiger partial charge is 0.267 e. The molecular formula is C24H30N4O2S2. The van der Waals surface area contributed by atoms with Crippen LogP contribution in [0.1, 0.15) is 51.7 Å². The molecule has 2 aliphatic rings. The minimum atomic E-state index is -0.159. The molecule has 0 N–H and O–H groups in total. The fourth-order valence-electron chi connectivity index (χ4n) is 4.68. The number of aromatic nitrogens is 2. The molecule has 6 nitrogen and oxygen atoms in total. The van der Waals surface area contributed by atoms with Crippen LogP contribution in [0.4, 0.5) is 5.82 Å². The highest BCUT2D eigenvalue weighted by Crippen LogP contribution is 2.36. The summed E-state index contributed by atoms with van der Waals surface area (Å²) in [5, 5.41) is 0. The number of aryl methyl sites for hydroxylation is 1. The van der Waals surface area contributed by atoms with Crippen LogP contribution in [0.5, 0.6) is 0 Å². The number of piperidine rings is 1. The summed E-state index contributed by atoms with van der Waals surface area (Å²) < 4.78 is 2.12. The van der Waals surface area contributed by atoms with Crippen molar-refractivity contribution in [2.24, 2.45) is 11.8 Å². The maximum Gasteiger partial charge on any atom is 0.267 e. The molecule has 0 saturated carbocycles. The van der Waals surface area contributed by atoms with Gasteiger partial charge in [-0.25, -0.2) is 4.98 Å². The lowest BCUT2D eigenvalue weighted by Crippen LogP contribution is -2.41. The Morgan fingerprint density at radius 3 is 2.62 bits per heavy atom. The number of hydrogen-bond donors (Lipinski definition) is 0. The average molecular weight is 471 g/mol. The second-order valence-electron chi connectivity index (χ2n) is 9.20. The van der Waals surface area contributed by atoms with Gasteiger partial charge in [0, 0.05) is 25.3 Å². The van der Waals surface area contributed by atoms with Crippen LogP contribution in [-0.2, 0) is 4.79 Å². The summed E-state index contributed by atoms with van der Waals surface area (Å²) in [6.07, 6.45) is 5.43. The van der Waals surface area contributed by atoms with Crippen molar-refractivity contribution >= 4 is 51.7 Å². The zero-order chi connectivity index (χ0) is 23.2. The quantitative estimate of drug-likeness (QED) is 0.485. The van der Waals surface area contributed by atoms with Crippen LogP contribution in [0.25, 0.3) is 11.7 Å². The van der Waals surface area contributed by atoms with E-state index in [-0.39, 0.29) is 17.5 Å². The number of nitrogens with zero attached hydrogens (tertiary/aromatic N) is 4. The normalized spacial score (nSPS) is 24.1. The SMILES string of the molecule is CC[C@H](C)N1C(=O)/C(=C/c2c(N3C[C@H](C)C[C@H](C)C3)nc3c(C)cccn3c2=O)SC1=S. The van der Waals surface area contributed by atoms with Gasteiger partial charge in [-0.3, -0.25) is 18.9 Å². The second kappa shape index (κ2) is 8.98. The maximum absolute atomic E-state index is 13.6. The van der Waals surface area contributed by atoms with E-state index in [1.54, 1.807) is 21.6 Å². The number of amides is 1. The first-order chi connectivity index (χ1) is 15.2. The molecule has 0 unspecified atom stereocenters. The molecule has 2 aliphatic heterocycles. The fraction of sp³-hybridized carbons (Fsp3) is 0.500. The Labute approximate surface area is 198 Å². The lowest BCUT2D eigenvalue weighted by atomic mass is 9.91. The number of carbonyl (C=O) groups excluding carboxylic acids is 1. The van der Waals surface area contributed by atoms with Gasteiger partial charge < -0.3 is 4.90 Å². The number of fused-ring (bicyclic) bond motifs is 1. The molecule has 0 aliphatic carbocycles. The summed E-state index contributed by atoms with van der Waals surface area (Å²) in [5.41, 5.74) is 1.90. The van der Waals surface area contributed by atoms with Gasteiger partial charge >= 0.3 is 0 Å². The molecule has 0 radical (unpaired) electrons. The molecule has 2 aromatic rings. The van der Waals surface area contributed by atoms with Gasteiger partial charge in [0.1, 0.15) is 15.8 Å². The van der Waals surface area contributed by atoms with E-state index in [0.29, 0.717) is 38.1 Å². The highest BCUT2D eigenvalue weighted by atomic mass is 32.2. The van der Waals surface area contributed by atoms with Gasteiger partial charge in [-0.05, 0) is 56.2 Å². The van der Waals surface area contributed by atoms with Gasteiger partial charge in [0.2, 0.25) is 0 Å². The number of anilines is 1. The molecule has 4 heterocycles. The molecule has 0 bridgehead atoms. The van der Waals surface area contributed by atoms with E-state index < -0.39 is 0 Å². The molecule has 0 spiro atoms. The van der Waals surface area contributed by atoms with Gasteiger partial charge in [-0.15, -0.1) is 0 Å². The van der Waals surface area contributed by atoms with Crippen LogP contribution in [0.2, 0.25) is 0 Å². The van der Waals surface area contributed by atoms with Crippen molar-refractivity contribution in [2.45, 2.75) is 53.5 Å². The monoisotopic (exact) mass is 470 g/mol. The standard InChI is InChI=1S/C24H30N4O2S2/c1-6-17(5)28-23(30)19(32-24(28)31)11-18-21(26-12-14(2)10-15(3)13-26)25-20-16(4)8-7-9-27(20)22(18)29/h7-9,11,14-15,17H,6,10,12-13H2,1-5H3/b19-11-/t14-,15+,17-/m0/s1. The van der Waals surface area contributed by atoms with E-state index in [1.165, 1.54) is 11.8 Å². The third-order valence-electron chi connectivity index (χ3n) is 6.36. The van der Waals surface area contributed by atoms with Crippen LogP contribution >= 0.6 is 24.0 Å². The highest BCUT2D eigenvalue weighted by Gasteiger charge is 2.35. The van der Waals surface area contributed by atoms with Crippen LogP contribution in [0.3, 0.4) is 0 Å². The fourth-order valence-corrected chi connectivity index (χ4v) is 6.12. The molecule has 3 atom stereocenters. The summed E-state index contributed by atoms with van der Waals surface area (Å²) in [5.74, 6) is 1.55. The minimum absolute atomic E-state index is 0.0233. The largest absolute Gasteiger partial charge is 0.355 e. The number of thioether (sulfide) groups is 1. The molecule has 8 heteroatoms. The molecule has 4 rings (SSSR count). The van der Waals surface area contributed by atoms with E-state index in [4.69, 9.17) is 17.2 Å². The molecule has 0 aromatic carbocycles. The molecular weight excluding hydrogens is 440 g/mol. The Kier molecular flexibility index (Phi) is 6.45. The van der Waals surface area contributed by atoms with Crippen molar-refractivity contribution in [2.75, 3.05) is 18.0 Å². The second-order valence-corrected chi connectivity index (χ2v) is 10.9. The Morgan fingerprint density at radius 1 is 1.28 bits per heavy atom. The van der Waals surface area contributed by atoms with Gasteiger partial charge in [0.15, 0.2) is 0 Å². The minimum Gasteiger partial charge on any atom is -0.355 e. The summed E-state index contributed by atoms with van der Waals surface area (Å²) in [7, 11) is 0. The summed E-state index contributed by atoms with van der Waals surface area (Å²) >= 11 is 6.76. The Hall–Kier alpha value is -2.19. The van der Waals surface area contributed by atoms with Gasteiger partial charge in [0.25, 0.3) is 11.5 Å². The molecule has 2 saturated heterocycles. The van der Waals surface area contributed by atoms with Crippen molar-refractivity contribution in [1.29, 1.82) is 0 Å². The Morgan fingerprint density at radius 2 is 1.97 bits per heavy atom. The predicted octanol–water partition coefficient (Wildman–Crippen LogP) is 4.48. The maximum atomic E-state index is 13.6. The summed E-state index contributed by atoms with van der Waals surface area (Å²) in [6, 6.07) is 3.84. The van der Waals surface area contributed by atoms with E-state index in [1.807, 2.05) is 32.9 Å². The van der Waals surface area contributed by atoms with Crippen LogP contribution in [0, 0.1) is 18.8 Å². The van der Waals surface area contributed by atoms with Crippen molar-refractivity contribution < 1.29 is 4.79 Å². The van der Waals surface area contributed by atoms with Gasteiger partial charge in [-0.2, -0.15) is 0 Å². The van der Waals surface area contributed by atoms with Crippen molar-refractivity contribution in [3.63, 3.8) is 0 Å². The third kappa shape index (κ3) is 4.10. The number of thiocarbonyl (C=S) groups is 1. The Bertz CT molecular complexity index is 1160. The zero-order valence-corrected chi connectivity index (χ0v) is 20.9. The number of pyridine rings is 1. The first-order valence-electron chi connectivity index (χ1n) is 11.2. The predicted molar refractivity (Wildman–Crippen MR) is 136 cm³/mol. The number of rotatable bonds is 4. The molecule has 170 valence electrons. The van der Waals surface area contributed by atoms with Crippen molar-refractivity contribution in [3.05, 3.63) is 44.7 Å². The molecule has 2 fully saturated rings. The van der Waals surface area contributed by atoms with Gasteiger partial charge in [-0.1, -0.05) is 50.8 Å². The number of carbonyl (C=O) groups is 1. The summed E-state index contributed by atoms with van der Waals surface area (Å²) in [4.78, 5) is 36.1. The Balaban J connectivity index is 1.89. The summed E-state index contributed by atoms with van der Waals surface area (Å²) in [6.45, 7) is 12.1. The first kappa shape index (κ1) is 23.0. The third-order valence-corrected chi connectivity index (χ3v) is 7.69. The van der Waals surface area contributed by atoms with Crippen LogP contribution in [-0.4, -0.2) is 43.6 Å².